The van der Waals surface area contributed by atoms with E-state index in [1.807, 2.05) is 24.1 Å². The Kier molecular flexibility index (Phi) is 4.53. The summed E-state index contributed by atoms with van der Waals surface area (Å²) >= 11 is 0. The molecule has 5 nitrogen and oxygen atoms in total. The summed E-state index contributed by atoms with van der Waals surface area (Å²) in [5.41, 5.74) is 5.89. The van der Waals surface area contributed by atoms with Crippen LogP contribution in [0.2, 0.25) is 0 Å². The molecule has 0 radical (unpaired) electrons. The Morgan fingerprint density at radius 1 is 1.27 bits per heavy atom. The Morgan fingerprint density at radius 3 is 2.92 bits per heavy atom. The Hall–Kier alpha value is -2.56. The van der Waals surface area contributed by atoms with E-state index >= 15 is 0 Å². The van der Waals surface area contributed by atoms with Gasteiger partial charge in [0, 0.05) is 36.8 Å². The Balaban J connectivity index is 1.41. The van der Waals surface area contributed by atoms with Crippen molar-refractivity contribution in [1.82, 2.24) is 20.1 Å². The van der Waals surface area contributed by atoms with Crippen LogP contribution in [0.3, 0.4) is 0 Å². The lowest BCUT2D eigenvalue weighted by molar-refractivity contribution is -0.131. The van der Waals surface area contributed by atoms with Crippen LogP contribution in [0.15, 0.2) is 30.3 Å². The summed E-state index contributed by atoms with van der Waals surface area (Å²) in [6.07, 6.45) is 5.86. The molecule has 4 rings (SSSR count). The number of aromatic amines is 2. The summed E-state index contributed by atoms with van der Waals surface area (Å²) in [5.74, 6) is 0.156. The number of nitrogens with one attached hydrogen (secondary N) is 2. The molecule has 1 aliphatic carbocycles. The molecule has 2 heterocycles. The van der Waals surface area contributed by atoms with E-state index in [0.717, 1.165) is 29.7 Å². The predicted octanol–water partition coefficient (Wildman–Crippen LogP) is 3.92. The highest BCUT2D eigenvalue weighted by atomic mass is 16.2. The second-order valence-electron chi connectivity index (χ2n) is 7.33. The predicted molar refractivity (Wildman–Crippen MR) is 103 cm³/mol. The largest absolute Gasteiger partial charge is 0.357 e. The molecule has 0 aliphatic heterocycles. The van der Waals surface area contributed by atoms with Crippen molar-refractivity contribution in [2.24, 2.45) is 0 Å². The lowest BCUT2D eigenvalue weighted by atomic mass is 9.94. The van der Waals surface area contributed by atoms with Crippen molar-refractivity contribution in [2.45, 2.75) is 51.5 Å². The van der Waals surface area contributed by atoms with Crippen molar-refractivity contribution in [3.63, 3.8) is 0 Å². The van der Waals surface area contributed by atoms with Gasteiger partial charge in [-0.25, -0.2) is 0 Å². The second kappa shape index (κ2) is 6.98. The number of aryl methyl sites for hydroxylation is 2. The van der Waals surface area contributed by atoms with Gasteiger partial charge in [0.15, 0.2) is 0 Å². The lowest BCUT2D eigenvalue weighted by Crippen LogP contribution is -2.30. The summed E-state index contributed by atoms with van der Waals surface area (Å²) in [7, 11) is 1.89. The van der Waals surface area contributed by atoms with E-state index in [4.69, 9.17) is 0 Å². The maximum atomic E-state index is 12.7. The molecule has 0 spiro atoms. The number of hydrogen-bond donors (Lipinski definition) is 2. The summed E-state index contributed by atoms with van der Waals surface area (Å²) in [4.78, 5) is 18.0. The van der Waals surface area contributed by atoms with Crippen LogP contribution in [0, 0.1) is 0 Å². The molecule has 5 heteroatoms. The number of hydrogen-bond acceptors (Lipinski definition) is 2. The van der Waals surface area contributed by atoms with Crippen LogP contribution in [-0.4, -0.2) is 33.0 Å². The Labute approximate surface area is 153 Å². The number of nitrogens with zero attached hydrogens (tertiary/aromatic N) is 2. The van der Waals surface area contributed by atoms with Crippen LogP contribution in [-0.2, 0) is 24.1 Å². The van der Waals surface area contributed by atoms with Gasteiger partial charge in [0.25, 0.3) is 0 Å². The minimum atomic E-state index is 0.0167. The number of H-pyrrole nitrogens is 2. The smallest absolute Gasteiger partial charge is 0.223 e. The van der Waals surface area contributed by atoms with Crippen LogP contribution < -0.4 is 0 Å². The highest BCUT2D eigenvalue weighted by Gasteiger charge is 2.21. The molecule has 1 aliphatic rings. The van der Waals surface area contributed by atoms with E-state index in [0.29, 0.717) is 12.8 Å². The zero-order chi connectivity index (χ0) is 18.1. The number of carbonyl (C=O) groups excluding carboxylic acids is 1. The van der Waals surface area contributed by atoms with Crippen molar-refractivity contribution in [3.05, 3.63) is 53.0 Å². The quantitative estimate of drug-likeness (QED) is 0.732. The monoisotopic (exact) mass is 350 g/mol. The number of para-hydroxylation sites is 1. The zero-order valence-corrected chi connectivity index (χ0v) is 15.5. The third kappa shape index (κ3) is 3.14. The molecule has 1 atom stereocenters. The molecule has 2 aromatic heterocycles. The first-order valence-electron chi connectivity index (χ1n) is 9.52. The van der Waals surface area contributed by atoms with Crippen LogP contribution in [0.25, 0.3) is 10.9 Å². The van der Waals surface area contributed by atoms with E-state index < -0.39 is 0 Å². The van der Waals surface area contributed by atoms with Gasteiger partial charge < -0.3 is 9.88 Å². The summed E-state index contributed by atoms with van der Waals surface area (Å²) in [6, 6.07) is 10.4. The van der Waals surface area contributed by atoms with Gasteiger partial charge in [-0.05, 0) is 55.7 Å². The van der Waals surface area contributed by atoms with E-state index in [2.05, 4.69) is 40.3 Å². The average Bonchev–Trinajstić information content (AvgIpc) is 3.29. The fourth-order valence-corrected chi connectivity index (χ4v) is 3.90. The van der Waals surface area contributed by atoms with Crippen LogP contribution >= 0.6 is 0 Å². The number of rotatable bonds is 5. The molecule has 136 valence electrons. The summed E-state index contributed by atoms with van der Waals surface area (Å²) in [6.45, 7) is 2.07. The third-order valence-corrected chi connectivity index (χ3v) is 5.69. The van der Waals surface area contributed by atoms with Crippen molar-refractivity contribution in [2.75, 3.05) is 7.05 Å². The highest BCUT2D eigenvalue weighted by Crippen LogP contribution is 2.25. The molecular weight excluding hydrogens is 324 g/mol. The second-order valence-corrected chi connectivity index (χ2v) is 7.33. The van der Waals surface area contributed by atoms with Gasteiger partial charge in [-0.1, -0.05) is 18.2 Å². The first-order valence-corrected chi connectivity index (χ1v) is 9.52. The number of fused-ring (bicyclic) bond motifs is 2. The van der Waals surface area contributed by atoms with Crippen LogP contribution in [0.1, 0.15) is 54.9 Å². The van der Waals surface area contributed by atoms with Crippen molar-refractivity contribution >= 4 is 16.8 Å². The first-order chi connectivity index (χ1) is 12.6. The van der Waals surface area contributed by atoms with E-state index in [9.17, 15) is 4.79 Å². The molecule has 1 aromatic carbocycles. The zero-order valence-electron chi connectivity index (χ0n) is 15.5. The van der Waals surface area contributed by atoms with Crippen LogP contribution in [0.5, 0.6) is 0 Å². The Morgan fingerprint density at radius 2 is 2.08 bits per heavy atom. The lowest BCUT2D eigenvalue weighted by Gasteiger charge is -2.24. The standard InChI is InChI=1S/C21H26N4O/c1-14(20-13-15-7-3-5-9-17(15)22-20)25(2)21(26)12-11-19-16-8-4-6-10-18(16)23-24-19/h3,5,7,9,13-14,22H,4,6,8,10-12H2,1-2H3,(H,23,24). The molecular formula is C21H26N4O. The van der Waals surface area contributed by atoms with Gasteiger partial charge in [-0.2, -0.15) is 5.10 Å². The molecule has 0 bridgehead atoms. The average molecular weight is 350 g/mol. The summed E-state index contributed by atoms with van der Waals surface area (Å²) < 4.78 is 0. The third-order valence-electron chi connectivity index (χ3n) is 5.69. The maximum Gasteiger partial charge on any atom is 0.223 e. The minimum absolute atomic E-state index is 0.0167. The molecule has 26 heavy (non-hydrogen) atoms. The molecule has 2 N–H and O–H groups in total. The highest BCUT2D eigenvalue weighted by molar-refractivity contribution is 5.81. The van der Waals surface area contributed by atoms with Crippen LogP contribution in [0.4, 0.5) is 0 Å². The van der Waals surface area contributed by atoms with Gasteiger partial charge >= 0.3 is 0 Å². The molecule has 0 saturated carbocycles. The molecule has 1 amide bonds. The SMILES string of the molecule is CC(c1cc2ccccc2[nH]1)N(C)C(=O)CCc1n[nH]c2c1CCCC2. The van der Waals surface area contributed by atoms with Crippen molar-refractivity contribution < 1.29 is 4.79 Å². The molecule has 0 fully saturated rings. The normalized spacial score (nSPS) is 15.0. The van der Waals surface area contributed by atoms with Gasteiger partial charge in [0.05, 0.1) is 11.7 Å². The maximum absolute atomic E-state index is 12.7. The van der Waals surface area contributed by atoms with Gasteiger partial charge in [0.2, 0.25) is 5.91 Å². The number of amides is 1. The van der Waals surface area contributed by atoms with Gasteiger partial charge in [-0.3, -0.25) is 9.89 Å². The van der Waals surface area contributed by atoms with Gasteiger partial charge in [-0.15, -0.1) is 0 Å². The molecule has 1 unspecified atom stereocenters. The number of benzene rings is 1. The number of carbonyl (C=O) groups is 1. The molecule has 0 saturated heterocycles. The summed E-state index contributed by atoms with van der Waals surface area (Å²) in [5, 5.41) is 8.80. The molecule has 3 aromatic rings. The van der Waals surface area contributed by atoms with Crippen molar-refractivity contribution in [3.8, 4) is 0 Å². The topological polar surface area (TPSA) is 64.8 Å². The number of aromatic nitrogens is 3. The minimum Gasteiger partial charge on any atom is -0.357 e. The Bertz CT molecular complexity index is 890. The van der Waals surface area contributed by atoms with E-state index in [1.54, 1.807) is 0 Å². The fraction of sp³-hybridized carbons (Fsp3) is 0.429. The van der Waals surface area contributed by atoms with Gasteiger partial charge in [0.1, 0.15) is 0 Å². The fourth-order valence-electron chi connectivity index (χ4n) is 3.90. The van der Waals surface area contributed by atoms with Crippen molar-refractivity contribution in [1.29, 1.82) is 0 Å². The van der Waals surface area contributed by atoms with E-state index in [1.165, 1.54) is 29.5 Å². The first kappa shape index (κ1) is 16.9. The van der Waals surface area contributed by atoms with E-state index in [-0.39, 0.29) is 11.9 Å².